The molecule has 0 saturated carbocycles. The summed E-state index contributed by atoms with van der Waals surface area (Å²) < 4.78 is 0. The van der Waals surface area contributed by atoms with Crippen molar-refractivity contribution in [2.24, 2.45) is 0 Å². The van der Waals surface area contributed by atoms with Crippen LogP contribution in [0.25, 0.3) is 0 Å². The van der Waals surface area contributed by atoms with E-state index in [0.29, 0.717) is 37.0 Å². The van der Waals surface area contributed by atoms with Gasteiger partial charge in [-0.15, -0.1) is 13.2 Å². The zero-order valence-electron chi connectivity index (χ0n) is 22.7. The van der Waals surface area contributed by atoms with Gasteiger partial charge in [-0.2, -0.15) is 15.0 Å². The van der Waals surface area contributed by atoms with E-state index in [0.717, 1.165) is 51.9 Å². The molecule has 2 heterocycles. The first kappa shape index (κ1) is 26.8. The van der Waals surface area contributed by atoms with Crippen LogP contribution in [0.3, 0.4) is 0 Å². The van der Waals surface area contributed by atoms with Gasteiger partial charge in [0.2, 0.25) is 17.8 Å². The maximum atomic E-state index is 4.50. The van der Waals surface area contributed by atoms with Gasteiger partial charge in [0.1, 0.15) is 0 Å². The van der Waals surface area contributed by atoms with E-state index in [1.165, 1.54) is 22.3 Å². The molecule has 4 N–H and O–H groups in total. The van der Waals surface area contributed by atoms with Gasteiger partial charge in [-0.25, -0.2) is 0 Å². The Bertz CT molecular complexity index is 1170. The van der Waals surface area contributed by atoms with Crippen LogP contribution in [0.2, 0.25) is 0 Å². The summed E-state index contributed by atoms with van der Waals surface area (Å²) in [5, 5.41) is 13.7. The topological polar surface area (TPSA) is 90.0 Å². The summed E-state index contributed by atoms with van der Waals surface area (Å²) in [6.07, 6.45) is 8.04. The molecule has 1 aliphatic heterocycles. The summed E-state index contributed by atoms with van der Waals surface area (Å²) >= 11 is 0. The number of rotatable bonds is 12. The molecular weight excluding hydrogens is 484 g/mol. The number of fused-ring (bicyclic) bond motifs is 2. The summed E-state index contributed by atoms with van der Waals surface area (Å²) in [5.41, 5.74) is 5.82. The zero-order chi connectivity index (χ0) is 26.9. The number of nitrogens with zero attached hydrogens (tertiary/aromatic N) is 4. The average molecular weight is 525 g/mol. The normalized spacial score (nSPS) is 16.0. The van der Waals surface area contributed by atoms with E-state index in [1.54, 1.807) is 12.2 Å². The lowest BCUT2D eigenvalue weighted by molar-refractivity contribution is 0.199. The number of hydrogen-bond donors (Lipinski definition) is 4. The molecule has 8 heteroatoms. The molecule has 39 heavy (non-hydrogen) atoms. The van der Waals surface area contributed by atoms with Crippen molar-refractivity contribution in [2.75, 3.05) is 55.2 Å². The Kier molecular flexibility index (Phi) is 9.19. The fraction of sp³-hybridized carbons (Fsp3) is 0.387. The molecule has 0 atom stereocenters. The molecular formula is C31H40N8. The second-order valence-electron chi connectivity index (χ2n) is 10.2. The van der Waals surface area contributed by atoms with Crippen LogP contribution < -0.4 is 21.3 Å². The van der Waals surface area contributed by atoms with E-state index in [9.17, 15) is 0 Å². The van der Waals surface area contributed by atoms with Gasteiger partial charge in [0.05, 0.1) is 6.04 Å². The highest BCUT2D eigenvalue weighted by Crippen LogP contribution is 2.33. The maximum Gasteiger partial charge on any atom is 0.229 e. The van der Waals surface area contributed by atoms with E-state index in [1.807, 2.05) is 0 Å². The molecule has 0 unspecified atom stereocenters. The monoisotopic (exact) mass is 524 g/mol. The van der Waals surface area contributed by atoms with Crippen LogP contribution in [0, 0.1) is 0 Å². The minimum absolute atomic E-state index is 0.259. The molecule has 2 aliphatic rings. The van der Waals surface area contributed by atoms with Gasteiger partial charge in [-0.1, -0.05) is 60.7 Å². The Labute approximate surface area is 232 Å². The Morgan fingerprint density at radius 3 is 1.79 bits per heavy atom. The number of aromatic nitrogens is 3. The van der Waals surface area contributed by atoms with Crippen molar-refractivity contribution in [1.82, 2.24) is 25.2 Å². The molecule has 1 saturated heterocycles. The number of hydrogen-bond acceptors (Lipinski definition) is 8. The summed E-state index contributed by atoms with van der Waals surface area (Å²) in [6.45, 7) is 12.5. The van der Waals surface area contributed by atoms with Crippen LogP contribution in [-0.4, -0.2) is 65.2 Å². The van der Waals surface area contributed by atoms with Crippen LogP contribution in [-0.2, 0) is 12.8 Å². The molecule has 1 fully saturated rings. The Morgan fingerprint density at radius 1 is 0.744 bits per heavy atom. The maximum absolute atomic E-state index is 4.50. The van der Waals surface area contributed by atoms with Gasteiger partial charge in [0, 0.05) is 32.2 Å². The lowest BCUT2D eigenvalue weighted by Crippen LogP contribution is -2.45. The minimum atomic E-state index is 0.259. The molecule has 1 aromatic heterocycles. The van der Waals surface area contributed by atoms with Crippen LogP contribution in [0.15, 0.2) is 73.8 Å². The molecule has 0 spiro atoms. The first-order chi connectivity index (χ1) is 19.2. The van der Waals surface area contributed by atoms with Crippen molar-refractivity contribution in [2.45, 2.75) is 37.8 Å². The largest absolute Gasteiger partial charge is 0.353 e. The van der Waals surface area contributed by atoms with Crippen LogP contribution in [0.4, 0.5) is 17.8 Å². The smallest absolute Gasteiger partial charge is 0.229 e. The first-order valence-electron chi connectivity index (χ1n) is 14.1. The molecule has 3 aromatic rings. The second-order valence-corrected chi connectivity index (χ2v) is 10.2. The predicted molar refractivity (Wildman–Crippen MR) is 160 cm³/mol. The van der Waals surface area contributed by atoms with Gasteiger partial charge in [-0.3, -0.25) is 0 Å². The number of likely N-dealkylation sites (tertiary alicyclic amines) is 1. The third-order valence-corrected chi connectivity index (χ3v) is 7.54. The summed E-state index contributed by atoms with van der Waals surface area (Å²) in [6, 6.07) is 18.7. The Hall–Kier alpha value is -3.75. The number of anilines is 3. The summed E-state index contributed by atoms with van der Waals surface area (Å²) in [7, 11) is 0. The van der Waals surface area contributed by atoms with Gasteiger partial charge < -0.3 is 26.2 Å². The molecule has 0 bridgehead atoms. The van der Waals surface area contributed by atoms with Crippen molar-refractivity contribution < 1.29 is 0 Å². The van der Waals surface area contributed by atoms with E-state index in [-0.39, 0.29) is 6.04 Å². The third kappa shape index (κ3) is 7.02. The van der Waals surface area contributed by atoms with E-state index in [2.05, 4.69) is 103 Å². The molecule has 2 aromatic carbocycles. The van der Waals surface area contributed by atoms with Crippen LogP contribution in [0.5, 0.6) is 0 Å². The fourth-order valence-electron chi connectivity index (χ4n) is 5.53. The van der Waals surface area contributed by atoms with E-state index in [4.69, 9.17) is 0 Å². The number of aryl methyl sites for hydroxylation is 2. The molecule has 1 aliphatic carbocycles. The predicted octanol–water partition coefficient (Wildman–Crippen LogP) is 4.42. The highest BCUT2D eigenvalue weighted by Gasteiger charge is 2.27. The highest BCUT2D eigenvalue weighted by atomic mass is 15.3. The minimum Gasteiger partial charge on any atom is -0.353 e. The van der Waals surface area contributed by atoms with Crippen LogP contribution in [0.1, 0.15) is 41.1 Å². The lowest BCUT2D eigenvalue weighted by Gasteiger charge is -2.35. The van der Waals surface area contributed by atoms with Gasteiger partial charge >= 0.3 is 0 Å². The quantitative estimate of drug-likeness (QED) is 0.259. The number of benzene rings is 2. The number of nitrogens with one attached hydrogen (secondary N) is 4. The van der Waals surface area contributed by atoms with Crippen LogP contribution >= 0.6 is 0 Å². The molecule has 5 rings (SSSR count). The Morgan fingerprint density at radius 2 is 1.26 bits per heavy atom. The standard InChI is InChI=1S/C31H40N8/c1-3-17-32-29-36-30(33-18-4-2)38-31(37-29)34-19-22-39-20-15-25(16-21-39)35-28-26-11-7-5-9-23(26)13-14-24-10-6-8-12-27(24)28/h3-12,25,28,35H,1-2,13-22H2,(H3,32,33,34,36,37,38). The Balaban J connectivity index is 1.15. The molecule has 0 radical (unpaired) electrons. The second kappa shape index (κ2) is 13.4. The van der Waals surface area contributed by atoms with Crippen molar-refractivity contribution in [1.29, 1.82) is 0 Å². The summed E-state index contributed by atoms with van der Waals surface area (Å²) in [4.78, 5) is 15.9. The SMILES string of the molecule is C=CCNc1nc(NCC=C)nc(NCCN2CCC(NC3c4ccccc4CCc4ccccc43)CC2)n1. The molecule has 8 nitrogen and oxygen atoms in total. The van der Waals surface area contributed by atoms with Crippen molar-refractivity contribution in [3.8, 4) is 0 Å². The van der Waals surface area contributed by atoms with Gasteiger partial charge in [0.15, 0.2) is 0 Å². The van der Waals surface area contributed by atoms with Gasteiger partial charge in [-0.05, 0) is 61.0 Å². The molecule has 204 valence electrons. The highest BCUT2D eigenvalue weighted by molar-refractivity contribution is 5.45. The summed E-state index contributed by atoms with van der Waals surface area (Å²) in [5.74, 6) is 1.60. The van der Waals surface area contributed by atoms with E-state index >= 15 is 0 Å². The average Bonchev–Trinajstić information content (AvgIpc) is 3.13. The van der Waals surface area contributed by atoms with Crippen molar-refractivity contribution in [3.05, 3.63) is 96.1 Å². The third-order valence-electron chi connectivity index (χ3n) is 7.54. The number of piperidine rings is 1. The molecule has 0 amide bonds. The fourth-order valence-corrected chi connectivity index (χ4v) is 5.53. The van der Waals surface area contributed by atoms with Gasteiger partial charge in [0.25, 0.3) is 0 Å². The zero-order valence-corrected chi connectivity index (χ0v) is 22.7. The lowest BCUT2D eigenvalue weighted by atomic mass is 9.92. The van der Waals surface area contributed by atoms with Crippen molar-refractivity contribution in [3.63, 3.8) is 0 Å². The van der Waals surface area contributed by atoms with Crippen molar-refractivity contribution >= 4 is 17.8 Å². The van der Waals surface area contributed by atoms with E-state index < -0.39 is 0 Å². The first-order valence-corrected chi connectivity index (χ1v) is 14.1.